The van der Waals surface area contributed by atoms with Crippen molar-refractivity contribution >= 4 is 5.69 Å². The Bertz CT molecular complexity index is 378. The van der Waals surface area contributed by atoms with Crippen molar-refractivity contribution in [3.05, 3.63) is 23.8 Å². The lowest BCUT2D eigenvalue weighted by atomic mass is 9.99. The van der Waals surface area contributed by atoms with E-state index in [4.69, 9.17) is 5.73 Å². The number of rotatable bonds is 3. The second kappa shape index (κ2) is 5.41. The fourth-order valence-corrected chi connectivity index (χ4v) is 2.67. The van der Waals surface area contributed by atoms with Crippen LogP contribution in [-0.4, -0.2) is 22.6 Å². The Kier molecular flexibility index (Phi) is 3.89. The molecule has 1 fully saturated rings. The van der Waals surface area contributed by atoms with Crippen molar-refractivity contribution in [3.63, 3.8) is 0 Å². The standard InChI is InChI=1S/C14H22N2O/c1-2-12-5-3-4-8-16(12)10-11-6-7-14(17)13(15)9-11/h6-7,9,12,17H,2-5,8,10,15H2,1H3. The van der Waals surface area contributed by atoms with Gasteiger partial charge >= 0.3 is 0 Å². The zero-order valence-electron chi connectivity index (χ0n) is 10.5. The summed E-state index contributed by atoms with van der Waals surface area (Å²) < 4.78 is 0. The van der Waals surface area contributed by atoms with Crippen LogP contribution in [0.4, 0.5) is 5.69 Å². The molecule has 1 aromatic rings. The van der Waals surface area contributed by atoms with Gasteiger partial charge in [0.1, 0.15) is 5.75 Å². The molecule has 1 aliphatic heterocycles. The average Bonchev–Trinajstić information content (AvgIpc) is 2.34. The Morgan fingerprint density at radius 3 is 2.94 bits per heavy atom. The highest BCUT2D eigenvalue weighted by Crippen LogP contribution is 2.25. The van der Waals surface area contributed by atoms with Crippen molar-refractivity contribution in [1.82, 2.24) is 4.90 Å². The van der Waals surface area contributed by atoms with Gasteiger partial charge in [-0.2, -0.15) is 0 Å². The SMILES string of the molecule is CCC1CCCCN1Cc1ccc(O)c(N)c1. The molecule has 0 aromatic heterocycles. The van der Waals surface area contributed by atoms with Gasteiger partial charge in [0.25, 0.3) is 0 Å². The summed E-state index contributed by atoms with van der Waals surface area (Å²) in [5.74, 6) is 0.180. The van der Waals surface area contributed by atoms with Crippen LogP contribution in [0, 0.1) is 0 Å². The summed E-state index contributed by atoms with van der Waals surface area (Å²) in [7, 11) is 0. The molecule has 1 aromatic carbocycles. The molecule has 1 heterocycles. The maximum absolute atomic E-state index is 9.41. The fourth-order valence-electron chi connectivity index (χ4n) is 2.67. The quantitative estimate of drug-likeness (QED) is 0.624. The van der Waals surface area contributed by atoms with Gasteiger partial charge in [0, 0.05) is 12.6 Å². The molecule has 0 bridgehead atoms. The molecule has 0 radical (unpaired) electrons. The van der Waals surface area contributed by atoms with Crippen LogP contribution in [-0.2, 0) is 6.54 Å². The molecule has 3 N–H and O–H groups in total. The molecule has 1 aliphatic rings. The number of likely N-dealkylation sites (tertiary alicyclic amines) is 1. The van der Waals surface area contributed by atoms with Crippen molar-refractivity contribution in [3.8, 4) is 5.75 Å². The van der Waals surface area contributed by atoms with Gasteiger partial charge in [-0.3, -0.25) is 4.90 Å². The summed E-state index contributed by atoms with van der Waals surface area (Å²) in [5.41, 5.74) is 7.40. The Balaban J connectivity index is 2.05. The summed E-state index contributed by atoms with van der Waals surface area (Å²) in [6.45, 7) is 4.39. The predicted molar refractivity (Wildman–Crippen MR) is 70.9 cm³/mol. The fraction of sp³-hybridized carbons (Fsp3) is 0.571. The van der Waals surface area contributed by atoms with Gasteiger partial charge in [-0.25, -0.2) is 0 Å². The van der Waals surface area contributed by atoms with Crippen LogP contribution >= 0.6 is 0 Å². The van der Waals surface area contributed by atoms with Crippen LogP contribution in [0.25, 0.3) is 0 Å². The van der Waals surface area contributed by atoms with Crippen LogP contribution in [0.2, 0.25) is 0 Å². The first-order valence-corrected chi connectivity index (χ1v) is 6.52. The second-order valence-electron chi connectivity index (χ2n) is 4.92. The summed E-state index contributed by atoms with van der Waals surface area (Å²) in [4.78, 5) is 2.54. The molecule has 1 saturated heterocycles. The first-order valence-electron chi connectivity index (χ1n) is 6.52. The van der Waals surface area contributed by atoms with E-state index in [-0.39, 0.29) is 5.75 Å². The smallest absolute Gasteiger partial charge is 0.138 e. The Labute approximate surface area is 103 Å². The molecule has 2 rings (SSSR count). The molecule has 0 spiro atoms. The number of aromatic hydroxyl groups is 1. The zero-order chi connectivity index (χ0) is 12.3. The molecule has 0 amide bonds. The maximum Gasteiger partial charge on any atom is 0.138 e. The van der Waals surface area contributed by atoms with E-state index in [9.17, 15) is 5.11 Å². The molecule has 0 aliphatic carbocycles. The number of hydrogen-bond donors (Lipinski definition) is 2. The summed E-state index contributed by atoms with van der Waals surface area (Å²) >= 11 is 0. The Hall–Kier alpha value is -1.22. The van der Waals surface area contributed by atoms with E-state index >= 15 is 0 Å². The minimum Gasteiger partial charge on any atom is -0.506 e. The van der Waals surface area contributed by atoms with E-state index in [0.29, 0.717) is 11.7 Å². The van der Waals surface area contributed by atoms with Crippen LogP contribution in [0.15, 0.2) is 18.2 Å². The van der Waals surface area contributed by atoms with Crippen LogP contribution in [0.3, 0.4) is 0 Å². The first-order chi connectivity index (χ1) is 8.20. The van der Waals surface area contributed by atoms with E-state index in [1.807, 2.05) is 12.1 Å². The Morgan fingerprint density at radius 1 is 1.41 bits per heavy atom. The van der Waals surface area contributed by atoms with Crippen LogP contribution < -0.4 is 5.73 Å². The molecule has 0 saturated carbocycles. The lowest BCUT2D eigenvalue weighted by Crippen LogP contribution is -2.38. The highest BCUT2D eigenvalue weighted by molar-refractivity contribution is 5.53. The van der Waals surface area contributed by atoms with Gasteiger partial charge in [0.2, 0.25) is 0 Å². The molecule has 17 heavy (non-hydrogen) atoms. The van der Waals surface area contributed by atoms with Gasteiger partial charge in [0.15, 0.2) is 0 Å². The van der Waals surface area contributed by atoms with Crippen molar-refractivity contribution in [2.24, 2.45) is 0 Å². The minimum absolute atomic E-state index is 0.180. The van der Waals surface area contributed by atoms with E-state index in [2.05, 4.69) is 11.8 Å². The van der Waals surface area contributed by atoms with Gasteiger partial charge in [-0.05, 0) is 43.5 Å². The monoisotopic (exact) mass is 234 g/mol. The van der Waals surface area contributed by atoms with E-state index < -0.39 is 0 Å². The summed E-state index contributed by atoms with van der Waals surface area (Å²) in [5, 5.41) is 9.41. The van der Waals surface area contributed by atoms with Gasteiger partial charge in [0.05, 0.1) is 5.69 Å². The van der Waals surface area contributed by atoms with Crippen molar-refractivity contribution in [1.29, 1.82) is 0 Å². The molecule has 1 unspecified atom stereocenters. The largest absolute Gasteiger partial charge is 0.506 e. The number of nitrogens with two attached hydrogens (primary N) is 1. The number of anilines is 1. The Morgan fingerprint density at radius 2 is 2.24 bits per heavy atom. The van der Waals surface area contributed by atoms with E-state index in [1.54, 1.807) is 6.07 Å². The van der Waals surface area contributed by atoms with E-state index in [1.165, 1.54) is 37.8 Å². The predicted octanol–water partition coefficient (Wildman–Crippen LogP) is 2.74. The highest BCUT2D eigenvalue weighted by Gasteiger charge is 2.20. The minimum atomic E-state index is 0.180. The van der Waals surface area contributed by atoms with Crippen molar-refractivity contribution in [2.45, 2.75) is 45.2 Å². The molecular formula is C14H22N2O. The third-order valence-electron chi connectivity index (χ3n) is 3.70. The van der Waals surface area contributed by atoms with E-state index in [0.717, 1.165) is 6.54 Å². The molecular weight excluding hydrogens is 212 g/mol. The summed E-state index contributed by atoms with van der Waals surface area (Å²) in [6, 6.07) is 6.25. The highest BCUT2D eigenvalue weighted by atomic mass is 16.3. The summed E-state index contributed by atoms with van der Waals surface area (Å²) in [6.07, 6.45) is 5.18. The van der Waals surface area contributed by atoms with Crippen molar-refractivity contribution in [2.75, 3.05) is 12.3 Å². The second-order valence-corrected chi connectivity index (χ2v) is 4.92. The normalized spacial score (nSPS) is 21.6. The topological polar surface area (TPSA) is 49.5 Å². The number of piperidine rings is 1. The zero-order valence-corrected chi connectivity index (χ0v) is 10.5. The number of phenols is 1. The number of benzene rings is 1. The average molecular weight is 234 g/mol. The number of nitrogens with zero attached hydrogens (tertiary/aromatic N) is 1. The number of phenolic OH excluding ortho intramolecular Hbond substituents is 1. The molecule has 1 atom stereocenters. The third-order valence-corrected chi connectivity index (χ3v) is 3.70. The van der Waals surface area contributed by atoms with Crippen LogP contribution in [0.1, 0.15) is 38.2 Å². The van der Waals surface area contributed by atoms with Gasteiger partial charge < -0.3 is 10.8 Å². The third kappa shape index (κ3) is 2.91. The van der Waals surface area contributed by atoms with Crippen molar-refractivity contribution < 1.29 is 5.11 Å². The lowest BCUT2D eigenvalue weighted by Gasteiger charge is -2.35. The van der Waals surface area contributed by atoms with Gasteiger partial charge in [-0.1, -0.05) is 19.4 Å². The number of hydrogen-bond acceptors (Lipinski definition) is 3. The molecule has 3 heteroatoms. The molecule has 3 nitrogen and oxygen atoms in total. The van der Waals surface area contributed by atoms with Crippen LogP contribution in [0.5, 0.6) is 5.75 Å². The first kappa shape index (κ1) is 12.2. The lowest BCUT2D eigenvalue weighted by molar-refractivity contribution is 0.136. The maximum atomic E-state index is 9.41. The number of nitrogen functional groups attached to an aromatic ring is 1. The van der Waals surface area contributed by atoms with Gasteiger partial charge in [-0.15, -0.1) is 0 Å². The molecule has 94 valence electrons.